The number of hydrogen-bond donors (Lipinski definition) is 1. The van der Waals surface area contributed by atoms with Gasteiger partial charge < -0.3 is 14.7 Å². The summed E-state index contributed by atoms with van der Waals surface area (Å²) >= 11 is 0. The zero-order chi connectivity index (χ0) is 21.5. The van der Waals surface area contributed by atoms with Gasteiger partial charge in [0.2, 0.25) is 0 Å². The summed E-state index contributed by atoms with van der Waals surface area (Å²) < 4.78 is 5.62. The van der Waals surface area contributed by atoms with E-state index in [0.29, 0.717) is 36.4 Å². The first-order valence-electron chi connectivity index (χ1n) is 10.3. The summed E-state index contributed by atoms with van der Waals surface area (Å²) in [4.78, 5) is 29.3. The molecule has 0 spiro atoms. The molecule has 3 rings (SSSR count). The van der Waals surface area contributed by atoms with Crippen molar-refractivity contribution in [3.63, 3.8) is 0 Å². The number of ether oxygens (including phenoxy) is 1. The lowest BCUT2D eigenvalue weighted by molar-refractivity contribution is -0.137. The van der Waals surface area contributed by atoms with Crippen molar-refractivity contribution < 1.29 is 19.4 Å². The van der Waals surface area contributed by atoms with Gasteiger partial charge in [0.15, 0.2) is 0 Å². The molecule has 1 aliphatic heterocycles. The Labute approximate surface area is 177 Å². The molecule has 2 aromatic carbocycles. The van der Waals surface area contributed by atoms with E-state index in [2.05, 4.69) is 0 Å². The van der Waals surface area contributed by atoms with E-state index in [9.17, 15) is 14.7 Å². The zero-order valence-electron chi connectivity index (χ0n) is 17.5. The van der Waals surface area contributed by atoms with E-state index in [-0.39, 0.29) is 25.0 Å². The standard InChI is InChI=1S/C24H28N2O4/c1-3-17-30-20-11-9-19(10-12-20)21-22(25(2)15-16-27)24(29)26(23(21)28)14-13-18-7-5-4-6-8-18/h4-12,27H,3,13-17H2,1-2H3. The number of aliphatic hydroxyl groups is 1. The van der Waals surface area contributed by atoms with Crippen LogP contribution in [0.5, 0.6) is 5.75 Å². The van der Waals surface area contributed by atoms with E-state index >= 15 is 0 Å². The van der Waals surface area contributed by atoms with Crippen molar-refractivity contribution in [3.05, 3.63) is 71.4 Å². The zero-order valence-corrected chi connectivity index (χ0v) is 17.5. The molecule has 2 amide bonds. The average Bonchev–Trinajstić information content (AvgIpc) is 3.02. The number of aliphatic hydroxyl groups excluding tert-OH is 1. The topological polar surface area (TPSA) is 70.1 Å². The molecule has 0 bridgehead atoms. The Bertz CT molecular complexity index is 907. The first-order valence-corrected chi connectivity index (χ1v) is 10.3. The van der Waals surface area contributed by atoms with Gasteiger partial charge in [-0.3, -0.25) is 14.5 Å². The van der Waals surface area contributed by atoms with E-state index in [1.165, 1.54) is 4.90 Å². The summed E-state index contributed by atoms with van der Waals surface area (Å²) in [5.41, 5.74) is 2.42. The van der Waals surface area contributed by atoms with Crippen LogP contribution in [0.2, 0.25) is 0 Å². The molecule has 0 radical (unpaired) electrons. The fourth-order valence-corrected chi connectivity index (χ4v) is 3.47. The molecular formula is C24H28N2O4. The van der Waals surface area contributed by atoms with Crippen LogP contribution < -0.4 is 4.74 Å². The molecule has 0 fully saturated rings. The van der Waals surface area contributed by atoms with Crippen molar-refractivity contribution >= 4 is 17.4 Å². The lowest BCUT2D eigenvalue weighted by atomic mass is 10.0. The van der Waals surface area contributed by atoms with Crippen LogP contribution in [0.25, 0.3) is 5.57 Å². The normalized spacial score (nSPS) is 13.9. The highest BCUT2D eigenvalue weighted by Crippen LogP contribution is 2.32. The molecule has 0 saturated carbocycles. The molecule has 0 aromatic heterocycles. The van der Waals surface area contributed by atoms with E-state index in [0.717, 1.165) is 17.7 Å². The highest BCUT2D eigenvalue weighted by Gasteiger charge is 2.40. The molecule has 1 heterocycles. The fraction of sp³-hybridized carbons (Fsp3) is 0.333. The number of nitrogens with zero attached hydrogens (tertiary/aromatic N) is 2. The smallest absolute Gasteiger partial charge is 0.277 e. The summed E-state index contributed by atoms with van der Waals surface area (Å²) in [6.07, 6.45) is 1.50. The monoisotopic (exact) mass is 408 g/mol. The predicted octanol–water partition coefficient (Wildman–Crippen LogP) is 2.72. The number of benzene rings is 2. The lowest BCUT2D eigenvalue weighted by Crippen LogP contribution is -2.36. The minimum Gasteiger partial charge on any atom is -0.494 e. The maximum Gasteiger partial charge on any atom is 0.277 e. The fourth-order valence-electron chi connectivity index (χ4n) is 3.47. The van der Waals surface area contributed by atoms with Crippen LogP contribution >= 0.6 is 0 Å². The van der Waals surface area contributed by atoms with Crippen molar-refractivity contribution in [3.8, 4) is 5.75 Å². The molecule has 30 heavy (non-hydrogen) atoms. The first kappa shape index (κ1) is 21.6. The highest BCUT2D eigenvalue weighted by atomic mass is 16.5. The third-order valence-electron chi connectivity index (χ3n) is 5.04. The molecule has 0 atom stereocenters. The molecule has 0 aliphatic carbocycles. The number of imide groups is 1. The van der Waals surface area contributed by atoms with Gasteiger partial charge in [0.05, 0.1) is 18.8 Å². The molecule has 0 unspecified atom stereocenters. The first-order chi connectivity index (χ1) is 14.6. The van der Waals surface area contributed by atoms with Crippen molar-refractivity contribution in [2.24, 2.45) is 0 Å². The second kappa shape index (κ2) is 10.1. The summed E-state index contributed by atoms with van der Waals surface area (Å²) in [7, 11) is 1.72. The van der Waals surface area contributed by atoms with E-state index in [1.54, 1.807) is 24.1 Å². The maximum absolute atomic E-state index is 13.2. The largest absolute Gasteiger partial charge is 0.494 e. The van der Waals surface area contributed by atoms with Gasteiger partial charge in [-0.1, -0.05) is 49.4 Å². The lowest BCUT2D eigenvalue weighted by Gasteiger charge is -2.20. The van der Waals surface area contributed by atoms with Gasteiger partial charge in [-0.2, -0.15) is 0 Å². The minimum atomic E-state index is -0.326. The van der Waals surface area contributed by atoms with Crippen molar-refractivity contribution in [1.29, 1.82) is 0 Å². The molecular weight excluding hydrogens is 380 g/mol. The third kappa shape index (κ3) is 4.71. The summed E-state index contributed by atoms with van der Waals surface area (Å²) in [5.74, 6) is 0.0929. The Morgan fingerprint density at radius 2 is 1.70 bits per heavy atom. The Morgan fingerprint density at radius 1 is 1.00 bits per heavy atom. The van der Waals surface area contributed by atoms with Gasteiger partial charge in [0, 0.05) is 20.1 Å². The van der Waals surface area contributed by atoms with Crippen LogP contribution in [-0.4, -0.2) is 60.1 Å². The van der Waals surface area contributed by atoms with Gasteiger partial charge in [0.1, 0.15) is 11.4 Å². The number of carbonyl (C=O) groups excluding carboxylic acids is 2. The van der Waals surface area contributed by atoms with Gasteiger partial charge in [-0.15, -0.1) is 0 Å². The number of likely N-dealkylation sites (N-methyl/N-ethyl adjacent to an activating group) is 1. The molecule has 6 heteroatoms. The third-order valence-corrected chi connectivity index (χ3v) is 5.04. The number of amides is 2. The molecule has 6 nitrogen and oxygen atoms in total. The summed E-state index contributed by atoms with van der Waals surface area (Å²) in [6, 6.07) is 17.0. The van der Waals surface area contributed by atoms with Crippen LogP contribution in [0.3, 0.4) is 0 Å². The Hall–Kier alpha value is -3.12. The van der Waals surface area contributed by atoms with Crippen molar-refractivity contribution in [2.75, 3.05) is 33.4 Å². The van der Waals surface area contributed by atoms with E-state index < -0.39 is 0 Å². The number of carbonyl (C=O) groups is 2. The van der Waals surface area contributed by atoms with Crippen molar-refractivity contribution in [2.45, 2.75) is 19.8 Å². The Kier molecular flexibility index (Phi) is 7.25. The van der Waals surface area contributed by atoms with Crippen LogP contribution in [0.4, 0.5) is 0 Å². The molecule has 1 aliphatic rings. The maximum atomic E-state index is 13.2. The average molecular weight is 408 g/mol. The van der Waals surface area contributed by atoms with E-state index in [1.807, 2.05) is 49.4 Å². The molecule has 2 aromatic rings. The Morgan fingerprint density at radius 3 is 2.33 bits per heavy atom. The second-order valence-corrected chi connectivity index (χ2v) is 7.24. The summed E-state index contributed by atoms with van der Waals surface area (Å²) in [6.45, 7) is 3.12. The van der Waals surface area contributed by atoms with E-state index in [4.69, 9.17) is 4.74 Å². The number of hydrogen-bond acceptors (Lipinski definition) is 5. The van der Waals surface area contributed by atoms with Gasteiger partial charge in [0.25, 0.3) is 11.8 Å². The quantitative estimate of drug-likeness (QED) is 0.612. The van der Waals surface area contributed by atoms with Gasteiger partial charge >= 0.3 is 0 Å². The van der Waals surface area contributed by atoms with Crippen LogP contribution in [-0.2, 0) is 16.0 Å². The van der Waals surface area contributed by atoms with Crippen LogP contribution in [0.15, 0.2) is 60.3 Å². The highest BCUT2D eigenvalue weighted by molar-refractivity contribution is 6.35. The SMILES string of the molecule is CCCOc1ccc(C2=C(N(C)CCO)C(=O)N(CCc3ccccc3)C2=O)cc1. The van der Waals surface area contributed by atoms with Crippen LogP contribution in [0, 0.1) is 0 Å². The number of rotatable bonds is 10. The summed E-state index contributed by atoms with van der Waals surface area (Å²) in [5, 5.41) is 9.35. The molecule has 0 saturated heterocycles. The molecule has 1 N–H and O–H groups in total. The minimum absolute atomic E-state index is 0.109. The molecule has 158 valence electrons. The Balaban J connectivity index is 1.87. The van der Waals surface area contributed by atoms with Gasteiger partial charge in [-0.25, -0.2) is 0 Å². The van der Waals surface area contributed by atoms with Crippen molar-refractivity contribution in [1.82, 2.24) is 9.80 Å². The predicted molar refractivity (Wildman–Crippen MR) is 116 cm³/mol. The van der Waals surface area contributed by atoms with Gasteiger partial charge in [-0.05, 0) is 36.1 Å². The van der Waals surface area contributed by atoms with Crippen LogP contribution in [0.1, 0.15) is 24.5 Å². The second-order valence-electron chi connectivity index (χ2n) is 7.24.